The minimum Gasteiger partial charge on any atom is -0.339 e. The van der Waals surface area contributed by atoms with Crippen LogP contribution in [0.4, 0.5) is 0 Å². The van der Waals surface area contributed by atoms with Gasteiger partial charge >= 0.3 is 0 Å². The molecule has 23 heavy (non-hydrogen) atoms. The zero-order valence-electron chi connectivity index (χ0n) is 14.2. The molecular formula is C20H30N2O. The maximum atomic E-state index is 12.8. The molecule has 0 bridgehead atoms. The molecule has 3 rings (SSSR count). The molecule has 3 nitrogen and oxygen atoms in total. The van der Waals surface area contributed by atoms with Gasteiger partial charge in [0.25, 0.3) is 0 Å². The Hall–Kier alpha value is -1.35. The summed E-state index contributed by atoms with van der Waals surface area (Å²) < 4.78 is 0. The molecular weight excluding hydrogens is 284 g/mol. The molecule has 0 radical (unpaired) electrons. The summed E-state index contributed by atoms with van der Waals surface area (Å²) in [7, 11) is 0. The van der Waals surface area contributed by atoms with Crippen LogP contribution in [0.2, 0.25) is 0 Å². The van der Waals surface area contributed by atoms with Gasteiger partial charge in [0.2, 0.25) is 5.91 Å². The third-order valence-electron chi connectivity index (χ3n) is 5.50. The van der Waals surface area contributed by atoms with Gasteiger partial charge in [0.1, 0.15) is 0 Å². The summed E-state index contributed by atoms with van der Waals surface area (Å²) in [4.78, 5) is 15.0. The Bertz CT molecular complexity index is 476. The van der Waals surface area contributed by atoms with E-state index in [-0.39, 0.29) is 0 Å². The fraction of sp³-hybridized carbons (Fsp3) is 0.650. The Morgan fingerprint density at radius 1 is 1.13 bits per heavy atom. The van der Waals surface area contributed by atoms with Crippen molar-refractivity contribution in [3.05, 3.63) is 35.9 Å². The lowest BCUT2D eigenvalue weighted by molar-refractivity contribution is -0.133. The number of amides is 1. The van der Waals surface area contributed by atoms with E-state index in [1.165, 1.54) is 37.7 Å². The smallest absolute Gasteiger partial charge is 0.222 e. The lowest BCUT2D eigenvalue weighted by Crippen LogP contribution is -2.40. The maximum Gasteiger partial charge on any atom is 0.222 e. The van der Waals surface area contributed by atoms with Crippen molar-refractivity contribution in [1.29, 1.82) is 0 Å². The molecule has 1 aromatic carbocycles. The van der Waals surface area contributed by atoms with E-state index in [1.807, 2.05) is 0 Å². The number of rotatable bonds is 7. The molecule has 126 valence electrons. The number of nitrogens with zero attached hydrogens (tertiary/aromatic N) is 1. The third-order valence-corrected chi connectivity index (χ3v) is 5.50. The van der Waals surface area contributed by atoms with Crippen LogP contribution in [0.1, 0.15) is 50.5 Å². The molecule has 1 aliphatic carbocycles. The first kappa shape index (κ1) is 16.5. The van der Waals surface area contributed by atoms with Crippen molar-refractivity contribution in [3.8, 4) is 0 Å². The van der Waals surface area contributed by atoms with Gasteiger partial charge in [0.15, 0.2) is 0 Å². The average molecular weight is 314 g/mol. The van der Waals surface area contributed by atoms with E-state index in [0.717, 1.165) is 38.9 Å². The Kier molecular flexibility index (Phi) is 6.09. The number of carbonyl (C=O) groups excluding carboxylic acids is 1. The minimum absolute atomic E-state index is 0.389. The molecule has 2 aliphatic rings. The first-order valence-corrected chi connectivity index (χ1v) is 9.37. The van der Waals surface area contributed by atoms with E-state index in [9.17, 15) is 4.79 Å². The van der Waals surface area contributed by atoms with E-state index in [2.05, 4.69) is 40.5 Å². The molecule has 1 saturated carbocycles. The number of carbonyl (C=O) groups is 1. The molecule has 0 spiro atoms. The zero-order valence-corrected chi connectivity index (χ0v) is 14.2. The molecule has 1 aromatic rings. The predicted molar refractivity (Wildman–Crippen MR) is 94.3 cm³/mol. The topological polar surface area (TPSA) is 32.3 Å². The highest BCUT2D eigenvalue weighted by molar-refractivity contribution is 5.76. The number of hydrogen-bond acceptors (Lipinski definition) is 2. The normalized spacial score (nSPS) is 21.7. The Morgan fingerprint density at radius 2 is 1.91 bits per heavy atom. The van der Waals surface area contributed by atoms with Gasteiger partial charge in [-0.2, -0.15) is 0 Å². The molecule has 1 saturated heterocycles. The highest BCUT2D eigenvalue weighted by atomic mass is 16.2. The molecule has 1 unspecified atom stereocenters. The van der Waals surface area contributed by atoms with Crippen LogP contribution in [-0.4, -0.2) is 36.5 Å². The standard InChI is InChI=1S/C20H30N2O/c23-20(11-10-18-12-14-21-16-18)22(19-8-4-5-9-19)15-13-17-6-2-1-3-7-17/h1-3,6-7,18-19,21H,4-5,8-16H2. The predicted octanol–water partition coefficient (Wildman–Crippen LogP) is 3.39. The van der Waals surface area contributed by atoms with E-state index in [4.69, 9.17) is 0 Å². The van der Waals surface area contributed by atoms with Gasteiger partial charge in [0, 0.05) is 19.0 Å². The van der Waals surface area contributed by atoms with Gasteiger partial charge in [-0.25, -0.2) is 0 Å². The van der Waals surface area contributed by atoms with E-state index in [1.54, 1.807) is 0 Å². The molecule has 1 N–H and O–H groups in total. The van der Waals surface area contributed by atoms with E-state index >= 15 is 0 Å². The third kappa shape index (κ3) is 4.81. The monoisotopic (exact) mass is 314 g/mol. The van der Waals surface area contributed by atoms with Gasteiger partial charge < -0.3 is 10.2 Å². The lowest BCUT2D eigenvalue weighted by Gasteiger charge is -2.29. The van der Waals surface area contributed by atoms with Crippen molar-refractivity contribution < 1.29 is 4.79 Å². The fourth-order valence-electron chi connectivity index (χ4n) is 4.05. The highest BCUT2D eigenvalue weighted by Crippen LogP contribution is 2.25. The van der Waals surface area contributed by atoms with Crippen LogP contribution in [0.15, 0.2) is 30.3 Å². The van der Waals surface area contributed by atoms with Crippen molar-refractivity contribution in [2.45, 2.75) is 57.4 Å². The van der Waals surface area contributed by atoms with Crippen molar-refractivity contribution >= 4 is 5.91 Å². The second-order valence-corrected chi connectivity index (χ2v) is 7.16. The number of nitrogens with one attached hydrogen (secondary N) is 1. The van der Waals surface area contributed by atoms with Gasteiger partial charge in [0.05, 0.1) is 0 Å². The summed E-state index contributed by atoms with van der Waals surface area (Å²) in [5.41, 5.74) is 1.34. The van der Waals surface area contributed by atoms with Gasteiger partial charge in [-0.3, -0.25) is 4.79 Å². The quantitative estimate of drug-likeness (QED) is 0.836. The van der Waals surface area contributed by atoms with Gasteiger partial charge in [-0.05, 0) is 56.7 Å². The first-order valence-electron chi connectivity index (χ1n) is 9.37. The van der Waals surface area contributed by atoms with Crippen LogP contribution in [0.5, 0.6) is 0 Å². The minimum atomic E-state index is 0.389. The Balaban J connectivity index is 1.54. The Morgan fingerprint density at radius 3 is 2.61 bits per heavy atom. The Labute approximate surface area is 140 Å². The van der Waals surface area contributed by atoms with Gasteiger partial charge in [-0.1, -0.05) is 43.2 Å². The zero-order chi connectivity index (χ0) is 15.9. The first-order chi connectivity index (χ1) is 11.3. The molecule has 1 amide bonds. The van der Waals surface area contributed by atoms with Crippen molar-refractivity contribution in [3.63, 3.8) is 0 Å². The van der Waals surface area contributed by atoms with Crippen LogP contribution < -0.4 is 5.32 Å². The second-order valence-electron chi connectivity index (χ2n) is 7.16. The van der Waals surface area contributed by atoms with Crippen molar-refractivity contribution in [2.24, 2.45) is 5.92 Å². The average Bonchev–Trinajstić information content (AvgIpc) is 3.28. The lowest BCUT2D eigenvalue weighted by atomic mass is 10.0. The fourth-order valence-corrected chi connectivity index (χ4v) is 4.05. The van der Waals surface area contributed by atoms with E-state index in [0.29, 0.717) is 17.9 Å². The molecule has 3 heteroatoms. The summed E-state index contributed by atoms with van der Waals surface area (Å²) in [6, 6.07) is 11.1. The SMILES string of the molecule is O=C(CCC1CCNC1)N(CCc1ccccc1)C1CCCC1. The maximum absolute atomic E-state index is 12.8. The van der Waals surface area contributed by atoms with Crippen LogP contribution in [0, 0.1) is 5.92 Å². The summed E-state index contributed by atoms with van der Waals surface area (Å²) in [5, 5.41) is 3.40. The van der Waals surface area contributed by atoms with Crippen LogP contribution in [0.3, 0.4) is 0 Å². The molecule has 0 aromatic heterocycles. The molecule has 1 atom stereocenters. The summed E-state index contributed by atoms with van der Waals surface area (Å²) >= 11 is 0. The van der Waals surface area contributed by atoms with Crippen LogP contribution in [-0.2, 0) is 11.2 Å². The largest absolute Gasteiger partial charge is 0.339 e. The van der Waals surface area contributed by atoms with Crippen molar-refractivity contribution in [2.75, 3.05) is 19.6 Å². The summed E-state index contributed by atoms with van der Waals surface area (Å²) in [5.74, 6) is 1.10. The summed E-state index contributed by atoms with van der Waals surface area (Å²) in [6.07, 6.45) is 8.97. The second kappa shape index (κ2) is 8.49. The molecule has 1 heterocycles. The molecule has 2 fully saturated rings. The van der Waals surface area contributed by atoms with E-state index < -0.39 is 0 Å². The van der Waals surface area contributed by atoms with Gasteiger partial charge in [-0.15, -0.1) is 0 Å². The molecule has 1 aliphatic heterocycles. The van der Waals surface area contributed by atoms with Crippen molar-refractivity contribution in [1.82, 2.24) is 10.2 Å². The van der Waals surface area contributed by atoms with Crippen LogP contribution >= 0.6 is 0 Å². The highest BCUT2D eigenvalue weighted by Gasteiger charge is 2.27. The van der Waals surface area contributed by atoms with Crippen LogP contribution in [0.25, 0.3) is 0 Å². The number of benzene rings is 1. The summed E-state index contributed by atoms with van der Waals surface area (Å²) in [6.45, 7) is 3.11. The number of hydrogen-bond donors (Lipinski definition) is 1.